The van der Waals surface area contributed by atoms with Crippen LogP contribution in [0.3, 0.4) is 0 Å². The number of hydrogen-bond donors (Lipinski definition) is 2. The molecule has 0 bridgehead atoms. The molecule has 1 aliphatic rings. The fourth-order valence-electron chi connectivity index (χ4n) is 5.58. The molecule has 0 saturated heterocycles. The number of hydrazone groups is 1. The molecule has 2 N–H and O–H groups in total. The number of anilines is 2. The second kappa shape index (κ2) is 17.0. The molecular formula is C42H40F2N4O2. The summed E-state index contributed by atoms with van der Waals surface area (Å²) >= 11 is 0. The third-order valence-electron chi connectivity index (χ3n) is 8.04. The summed E-state index contributed by atoms with van der Waals surface area (Å²) in [4.78, 5) is 13.2. The lowest BCUT2D eigenvalue weighted by Crippen LogP contribution is -2.19. The van der Waals surface area contributed by atoms with Crippen LogP contribution in [-0.2, 0) is 9.53 Å². The Morgan fingerprint density at radius 3 is 2.04 bits per heavy atom. The average molecular weight is 671 g/mol. The summed E-state index contributed by atoms with van der Waals surface area (Å²) in [7, 11) is 1.83. The Balaban J connectivity index is 1.81. The van der Waals surface area contributed by atoms with Crippen molar-refractivity contribution in [3.05, 3.63) is 167 Å². The van der Waals surface area contributed by atoms with Crippen LogP contribution in [0.4, 0.5) is 20.2 Å². The molecule has 0 atom stereocenters. The SMILES string of the molecule is CCCC(=N)C1=C(Nc2ccccc2)OC(c2ccc(F)cc2)=C\C1=C/C(=C(C=O)/C(CCC)=N\N(C)c1ccccc1)c1ccc(F)cc1. The summed E-state index contributed by atoms with van der Waals surface area (Å²) in [5.41, 5.74) is 5.59. The van der Waals surface area contributed by atoms with Crippen molar-refractivity contribution in [2.45, 2.75) is 39.5 Å². The van der Waals surface area contributed by atoms with Crippen molar-refractivity contribution >= 4 is 40.4 Å². The highest BCUT2D eigenvalue weighted by molar-refractivity contribution is 6.22. The molecule has 1 aliphatic heterocycles. The maximum absolute atomic E-state index is 14.3. The lowest BCUT2D eigenvalue weighted by atomic mass is 9.89. The molecule has 6 nitrogen and oxygen atoms in total. The van der Waals surface area contributed by atoms with Crippen molar-refractivity contribution in [3.63, 3.8) is 0 Å². The number of nitrogens with zero attached hydrogens (tertiary/aromatic N) is 2. The zero-order valence-corrected chi connectivity index (χ0v) is 28.4. The van der Waals surface area contributed by atoms with Crippen molar-refractivity contribution < 1.29 is 18.3 Å². The first-order valence-corrected chi connectivity index (χ1v) is 16.6. The molecule has 0 fully saturated rings. The first-order valence-electron chi connectivity index (χ1n) is 16.6. The minimum atomic E-state index is -0.413. The summed E-state index contributed by atoms with van der Waals surface area (Å²) in [6.07, 6.45) is 6.79. The zero-order chi connectivity index (χ0) is 35.5. The lowest BCUT2D eigenvalue weighted by molar-refractivity contribution is -0.104. The highest BCUT2D eigenvalue weighted by atomic mass is 19.1. The number of rotatable bonds is 14. The second-order valence-electron chi connectivity index (χ2n) is 11.7. The molecule has 0 aromatic heterocycles. The molecular weight excluding hydrogens is 630 g/mol. The van der Waals surface area contributed by atoms with Gasteiger partial charge < -0.3 is 15.5 Å². The molecule has 5 rings (SSSR count). The summed E-state index contributed by atoms with van der Waals surface area (Å²) in [5.74, 6) is -0.0612. The van der Waals surface area contributed by atoms with Gasteiger partial charge in [0, 0.05) is 29.6 Å². The molecule has 0 spiro atoms. The third-order valence-corrected chi connectivity index (χ3v) is 8.04. The van der Waals surface area contributed by atoms with E-state index in [1.54, 1.807) is 35.4 Å². The van der Waals surface area contributed by atoms with Gasteiger partial charge in [0.15, 0.2) is 6.29 Å². The van der Waals surface area contributed by atoms with Gasteiger partial charge in [0.1, 0.15) is 17.4 Å². The number of aldehydes is 1. The average Bonchev–Trinajstić information content (AvgIpc) is 3.13. The number of ether oxygens (including phenoxy) is 1. The van der Waals surface area contributed by atoms with E-state index in [2.05, 4.69) is 5.32 Å². The van der Waals surface area contributed by atoms with Crippen LogP contribution >= 0.6 is 0 Å². The van der Waals surface area contributed by atoms with Crippen LogP contribution in [0.1, 0.15) is 50.7 Å². The minimum absolute atomic E-state index is 0.320. The minimum Gasteiger partial charge on any atom is -0.440 e. The van der Waals surface area contributed by atoms with Crippen LogP contribution in [0.25, 0.3) is 11.3 Å². The summed E-state index contributed by atoms with van der Waals surface area (Å²) in [6, 6.07) is 31.0. The van der Waals surface area contributed by atoms with Crippen LogP contribution < -0.4 is 10.3 Å². The monoisotopic (exact) mass is 670 g/mol. The van der Waals surface area contributed by atoms with Gasteiger partial charge in [-0.25, -0.2) is 8.78 Å². The van der Waals surface area contributed by atoms with Gasteiger partial charge in [-0.05, 0) is 102 Å². The molecule has 0 radical (unpaired) electrons. The molecule has 254 valence electrons. The normalized spacial score (nSPS) is 14.5. The number of halogens is 2. The number of nitrogens with one attached hydrogen (secondary N) is 2. The first-order chi connectivity index (χ1) is 24.3. The number of benzene rings is 4. The predicted molar refractivity (Wildman–Crippen MR) is 200 cm³/mol. The number of allylic oxidation sites excluding steroid dienone is 6. The van der Waals surface area contributed by atoms with Crippen LogP contribution in [0, 0.1) is 17.0 Å². The van der Waals surface area contributed by atoms with Gasteiger partial charge in [-0.2, -0.15) is 5.10 Å². The number of para-hydroxylation sites is 2. The summed E-state index contributed by atoms with van der Waals surface area (Å²) < 4.78 is 34.7. The van der Waals surface area contributed by atoms with Gasteiger partial charge in [0.25, 0.3) is 0 Å². The topological polar surface area (TPSA) is 77.8 Å². The van der Waals surface area contributed by atoms with Gasteiger partial charge in [-0.3, -0.25) is 9.80 Å². The van der Waals surface area contributed by atoms with E-state index in [0.717, 1.165) is 17.7 Å². The largest absolute Gasteiger partial charge is 0.440 e. The Morgan fingerprint density at radius 1 is 0.840 bits per heavy atom. The number of carbonyl (C=O) groups excluding carboxylic acids is 1. The summed E-state index contributed by atoms with van der Waals surface area (Å²) in [6.45, 7) is 4.01. The van der Waals surface area contributed by atoms with Crippen molar-refractivity contribution in [2.75, 3.05) is 17.4 Å². The fraction of sp³-hybridized carbons (Fsp3) is 0.167. The highest BCUT2D eigenvalue weighted by Crippen LogP contribution is 2.36. The molecule has 0 amide bonds. The number of carbonyl (C=O) groups is 1. The van der Waals surface area contributed by atoms with Crippen LogP contribution in [0.15, 0.2) is 149 Å². The van der Waals surface area contributed by atoms with E-state index >= 15 is 0 Å². The van der Waals surface area contributed by atoms with Gasteiger partial charge >= 0.3 is 0 Å². The fourth-order valence-corrected chi connectivity index (χ4v) is 5.58. The molecule has 8 heteroatoms. The van der Waals surface area contributed by atoms with Gasteiger partial charge in [-0.15, -0.1) is 0 Å². The van der Waals surface area contributed by atoms with Crippen molar-refractivity contribution in [2.24, 2.45) is 5.10 Å². The van der Waals surface area contributed by atoms with Gasteiger partial charge in [0.05, 0.1) is 17.0 Å². The van der Waals surface area contributed by atoms with E-state index in [-0.39, 0.29) is 5.82 Å². The Kier molecular flexibility index (Phi) is 12.0. The molecule has 0 aliphatic carbocycles. The molecule has 4 aromatic rings. The molecule has 1 heterocycles. The van der Waals surface area contributed by atoms with Crippen molar-refractivity contribution in [3.8, 4) is 0 Å². The van der Waals surface area contributed by atoms with E-state index in [1.807, 2.05) is 87.6 Å². The second-order valence-corrected chi connectivity index (χ2v) is 11.7. The Morgan fingerprint density at radius 2 is 1.44 bits per heavy atom. The Labute approximate surface area is 292 Å². The van der Waals surface area contributed by atoms with E-state index in [0.29, 0.717) is 82.2 Å². The predicted octanol–water partition coefficient (Wildman–Crippen LogP) is 10.4. The van der Waals surface area contributed by atoms with Gasteiger partial charge in [-0.1, -0.05) is 75.2 Å². The third kappa shape index (κ3) is 8.76. The zero-order valence-electron chi connectivity index (χ0n) is 28.4. The van der Waals surface area contributed by atoms with Crippen LogP contribution in [0.2, 0.25) is 0 Å². The highest BCUT2D eigenvalue weighted by Gasteiger charge is 2.26. The Hall–Kier alpha value is -5.89. The number of hydrogen-bond acceptors (Lipinski definition) is 6. The van der Waals surface area contributed by atoms with Crippen LogP contribution in [-0.4, -0.2) is 24.8 Å². The Bertz CT molecular complexity index is 1960. The quantitative estimate of drug-likeness (QED) is 0.0606. The lowest BCUT2D eigenvalue weighted by Gasteiger charge is -2.26. The first kappa shape index (κ1) is 35.4. The van der Waals surface area contributed by atoms with E-state index in [9.17, 15) is 19.0 Å². The van der Waals surface area contributed by atoms with Crippen LogP contribution in [0.5, 0.6) is 0 Å². The molecule has 4 aromatic carbocycles. The molecule has 0 unspecified atom stereocenters. The van der Waals surface area contributed by atoms with E-state index in [1.165, 1.54) is 24.3 Å². The maximum atomic E-state index is 14.3. The summed E-state index contributed by atoms with van der Waals surface area (Å²) in [5, 5.41) is 19.2. The molecule has 50 heavy (non-hydrogen) atoms. The van der Waals surface area contributed by atoms with Crippen molar-refractivity contribution in [1.82, 2.24) is 0 Å². The smallest absolute Gasteiger partial charge is 0.207 e. The molecule has 0 saturated carbocycles. The van der Waals surface area contributed by atoms with Crippen molar-refractivity contribution in [1.29, 1.82) is 5.41 Å². The van der Waals surface area contributed by atoms with Gasteiger partial charge in [0.2, 0.25) is 5.88 Å². The van der Waals surface area contributed by atoms with E-state index in [4.69, 9.17) is 9.84 Å². The van der Waals surface area contributed by atoms with E-state index < -0.39 is 5.82 Å². The maximum Gasteiger partial charge on any atom is 0.207 e. The standard InChI is InChI=1S/C42H40F2N4O2/c1-4-12-38(45)41-31(27-40(30-20-24-33(44)25-21-30)50-42(41)46-34-14-8-6-9-15-34)26-36(29-18-22-32(43)23-19-29)37(28-49)39(13-5-2)47-48(3)35-16-10-7-11-17-35/h6-11,14-28,45-46H,4-5,12-13H2,1-3H3/b31-26+,37-36-,45-38?,47-39-.